The molecule has 2 rings (SSSR count). The SMILES string of the molecule is COC(=O)c1cccc(C2=CCC(C(F)(F)F)CC2)n1. The minimum atomic E-state index is -4.15. The van der Waals surface area contributed by atoms with Crippen LogP contribution in [0.25, 0.3) is 5.57 Å². The van der Waals surface area contributed by atoms with E-state index in [9.17, 15) is 18.0 Å². The van der Waals surface area contributed by atoms with Crippen LogP contribution in [0.1, 0.15) is 35.4 Å². The molecular weight excluding hydrogens is 271 g/mol. The van der Waals surface area contributed by atoms with Crippen LogP contribution in [0.4, 0.5) is 13.2 Å². The van der Waals surface area contributed by atoms with Gasteiger partial charge >= 0.3 is 12.1 Å². The van der Waals surface area contributed by atoms with Gasteiger partial charge in [-0.25, -0.2) is 9.78 Å². The molecule has 1 atom stereocenters. The topological polar surface area (TPSA) is 39.2 Å². The summed E-state index contributed by atoms with van der Waals surface area (Å²) in [6.45, 7) is 0. The minimum Gasteiger partial charge on any atom is -0.464 e. The molecule has 1 aromatic rings. The molecule has 0 saturated heterocycles. The highest BCUT2D eigenvalue weighted by molar-refractivity contribution is 5.87. The number of aromatic nitrogens is 1. The molecular formula is C14H14F3NO2. The van der Waals surface area contributed by atoms with E-state index in [1.807, 2.05) is 0 Å². The summed E-state index contributed by atoms with van der Waals surface area (Å²) in [5.41, 5.74) is 1.44. The molecule has 3 nitrogen and oxygen atoms in total. The number of alkyl halides is 3. The van der Waals surface area contributed by atoms with E-state index in [1.54, 1.807) is 18.2 Å². The number of esters is 1. The maximum atomic E-state index is 12.6. The van der Waals surface area contributed by atoms with Crippen LogP contribution >= 0.6 is 0 Å². The summed E-state index contributed by atoms with van der Waals surface area (Å²) >= 11 is 0. The van der Waals surface area contributed by atoms with Crippen molar-refractivity contribution < 1.29 is 22.7 Å². The van der Waals surface area contributed by atoms with Crippen LogP contribution in [0.5, 0.6) is 0 Å². The number of pyridine rings is 1. The van der Waals surface area contributed by atoms with E-state index in [1.165, 1.54) is 13.2 Å². The fourth-order valence-electron chi connectivity index (χ4n) is 2.20. The van der Waals surface area contributed by atoms with Gasteiger partial charge < -0.3 is 4.74 Å². The van der Waals surface area contributed by atoms with Crippen LogP contribution in [0.2, 0.25) is 0 Å². The van der Waals surface area contributed by atoms with Gasteiger partial charge in [0.15, 0.2) is 0 Å². The van der Waals surface area contributed by atoms with Crippen molar-refractivity contribution in [3.8, 4) is 0 Å². The van der Waals surface area contributed by atoms with Gasteiger partial charge in [0.2, 0.25) is 0 Å². The van der Waals surface area contributed by atoms with E-state index in [4.69, 9.17) is 0 Å². The zero-order valence-electron chi connectivity index (χ0n) is 10.9. The summed E-state index contributed by atoms with van der Waals surface area (Å²) in [6, 6.07) is 4.84. The zero-order chi connectivity index (χ0) is 14.8. The second-order valence-corrected chi connectivity index (χ2v) is 4.64. The van der Waals surface area contributed by atoms with E-state index in [-0.39, 0.29) is 18.5 Å². The number of hydrogen-bond donors (Lipinski definition) is 0. The van der Waals surface area contributed by atoms with Gasteiger partial charge in [-0.3, -0.25) is 0 Å². The molecule has 1 aliphatic carbocycles. The molecule has 108 valence electrons. The molecule has 0 N–H and O–H groups in total. The lowest BCUT2D eigenvalue weighted by Crippen LogP contribution is -2.24. The number of rotatable bonds is 2. The Morgan fingerprint density at radius 3 is 2.70 bits per heavy atom. The molecule has 0 aromatic carbocycles. The van der Waals surface area contributed by atoms with E-state index in [0.29, 0.717) is 12.1 Å². The third kappa shape index (κ3) is 3.18. The van der Waals surface area contributed by atoms with Crippen molar-refractivity contribution in [1.29, 1.82) is 0 Å². The molecule has 1 heterocycles. The summed E-state index contributed by atoms with van der Waals surface area (Å²) in [6.07, 6.45) is -2.27. The Hall–Kier alpha value is -1.85. The first-order chi connectivity index (χ1) is 9.41. The van der Waals surface area contributed by atoms with Crippen LogP contribution < -0.4 is 0 Å². The molecule has 1 aromatic heterocycles. The number of methoxy groups -OCH3 is 1. The maximum absolute atomic E-state index is 12.6. The standard InChI is InChI=1S/C14H14F3NO2/c1-20-13(19)12-4-2-3-11(18-12)9-5-7-10(8-6-9)14(15,16)17/h2-5,10H,6-8H2,1H3. The van der Waals surface area contributed by atoms with Crippen LogP contribution in [0.3, 0.4) is 0 Å². The Labute approximate surface area is 114 Å². The lowest BCUT2D eigenvalue weighted by atomic mass is 9.88. The van der Waals surface area contributed by atoms with Gasteiger partial charge in [-0.2, -0.15) is 13.2 Å². The first-order valence-corrected chi connectivity index (χ1v) is 6.23. The molecule has 0 radical (unpaired) electrons. The quantitative estimate of drug-likeness (QED) is 0.779. The minimum absolute atomic E-state index is 0.0387. The molecule has 0 saturated carbocycles. The lowest BCUT2D eigenvalue weighted by molar-refractivity contribution is -0.175. The molecule has 0 fully saturated rings. The number of nitrogens with zero attached hydrogens (tertiary/aromatic N) is 1. The summed E-state index contributed by atoms with van der Waals surface area (Å²) in [5.74, 6) is -1.84. The number of halogens is 3. The average Bonchev–Trinajstić information content (AvgIpc) is 2.46. The van der Waals surface area contributed by atoms with Gasteiger partial charge in [-0.1, -0.05) is 12.1 Å². The maximum Gasteiger partial charge on any atom is 0.392 e. The van der Waals surface area contributed by atoms with Crippen LogP contribution in [-0.2, 0) is 4.74 Å². The van der Waals surface area contributed by atoms with Crippen molar-refractivity contribution in [2.75, 3.05) is 7.11 Å². The summed E-state index contributed by atoms with van der Waals surface area (Å²) in [7, 11) is 1.25. The second kappa shape index (κ2) is 5.64. The summed E-state index contributed by atoms with van der Waals surface area (Å²) in [5, 5.41) is 0. The Balaban J connectivity index is 2.18. The molecule has 1 unspecified atom stereocenters. The van der Waals surface area contributed by atoms with Crippen molar-refractivity contribution >= 4 is 11.5 Å². The summed E-state index contributed by atoms with van der Waals surface area (Å²) < 4.78 is 42.3. The van der Waals surface area contributed by atoms with E-state index < -0.39 is 18.1 Å². The van der Waals surface area contributed by atoms with Crippen molar-refractivity contribution in [2.24, 2.45) is 5.92 Å². The number of allylic oxidation sites excluding steroid dienone is 2. The van der Waals surface area contributed by atoms with Crippen LogP contribution in [0.15, 0.2) is 24.3 Å². The molecule has 0 amide bonds. The van der Waals surface area contributed by atoms with Gasteiger partial charge in [-0.15, -0.1) is 0 Å². The van der Waals surface area contributed by atoms with E-state index in [0.717, 1.165) is 5.57 Å². The number of ether oxygens (including phenoxy) is 1. The fourth-order valence-corrected chi connectivity index (χ4v) is 2.20. The molecule has 6 heteroatoms. The van der Waals surface area contributed by atoms with E-state index in [2.05, 4.69) is 9.72 Å². The Morgan fingerprint density at radius 1 is 1.40 bits per heavy atom. The normalized spacial score (nSPS) is 19.4. The van der Waals surface area contributed by atoms with Crippen LogP contribution in [0, 0.1) is 5.92 Å². The van der Waals surface area contributed by atoms with Gasteiger partial charge in [0.05, 0.1) is 18.7 Å². The van der Waals surface area contributed by atoms with Crippen LogP contribution in [-0.4, -0.2) is 24.2 Å². The second-order valence-electron chi connectivity index (χ2n) is 4.64. The smallest absolute Gasteiger partial charge is 0.392 e. The first kappa shape index (κ1) is 14.6. The Bertz CT molecular complexity index is 537. The monoisotopic (exact) mass is 285 g/mol. The number of carbonyl (C=O) groups excluding carboxylic acids is 1. The lowest BCUT2D eigenvalue weighted by Gasteiger charge is -2.23. The fraction of sp³-hybridized carbons (Fsp3) is 0.429. The zero-order valence-corrected chi connectivity index (χ0v) is 10.9. The third-order valence-corrected chi connectivity index (χ3v) is 3.35. The van der Waals surface area contributed by atoms with Crippen molar-refractivity contribution in [1.82, 2.24) is 4.98 Å². The Morgan fingerprint density at radius 2 is 2.15 bits per heavy atom. The van der Waals surface area contributed by atoms with Crippen molar-refractivity contribution in [3.63, 3.8) is 0 Å². The first-order valence-electron chi connectivity index (χ1n) is 6.23. The number of carbonyl (C=O) groups is 1. The molecule has 0 bridgehead atoms. The molecule has 0 spiro atoms. The van der Waals surface area contributed by atoms with Gasteiger partial charge in [0, 0.05) is 0 Å². The highest BCUT2D eigenvalue weighted by atomic mass is 19.4. The highest BCUT2D eigenvalue weighted by Crippen LogP contribution is 2.38. The predicted octanol–water partition coefficient (Wildman–Crippen LogP) is 3.61. The van der Waals surface area contributed by atoms with Crippen molar-refractivity contribution in [3.05, 3.63) is 35.7 Å². The highest BCUT2D eigenvalue weighted by Gasteiger charge is 2.39. The largest absolute Gasteiger partial charge is 0.464 e. The Kier molecular flexibility index (Phi) is 4.11. The van der Waals surface area contributed by atoms with Crippen molar-refractivity contribution in [2.45, 2.75) is 25.4 Å². The molecule has 20 heavy (non-hydrogen) atoms. The molecule has 0 aliphatic heterocycles. The van der Waals surface area contributed by atoms with Gasteiger partial charge in [-0.05, 0) is 37.0 Å². The predicted molar refractivity (Wildman–Crippen MR) is 66.9 cm³/mol. The number of hydrogen-bond acceptors (Lipinski definition) is 3. The third-order valence-electron chi connectivity index (χ3n) is 3.35. The average molecular weight is 285 g/mol. The van der Waals surface area contributed by atoms with Gasteiger partial charge in [0.1, 0.15) is 5.69 Å². The summed E-state index contributed by atoms with van der Waals surface area (Å²) in [4.78, 5) is 15.5. The van der Waals surface area contributed by atoms with Gasteiger partial charge in [0.25, 0.3) is 0 Å². The van der Waals surface area contributed by atoms with E-state index >= 15 is 0 Å². The molecule has 1 aliphatic rings.